The van der Waals surface area contributed by atoms with Crippen molar-refractivity contribution in [1.82, 2.24) is 15.3 Å². The maximum absolute atomic E-state index is 12.5. The fourth-order valence-electron chi connectivity index (χ4n) is 3.24. The van der Waals surface area contributed by atoms with Crippen molar-refractivity contribution in [1.29, 1.82) is 0 Å². The van der Waals surface area contributed by atoms with Gasteiger partial charge in [0.1, 0.15) is 11.3 Å². The first-order chi connectivity index (χ1) is 16.3. The van der Waals surface area contributed by atoms with Gasteiger partial charge >= 0.3 is 11.8 Å². The highest BCUT2D eigenvalue weighted by Gasteiger charge is 2.25. The van der Waals surface area contributed by atoms with Gasteiger partial charge in [-0.05, 0) is 44.5 Å². The third-order valence-electron chi connectivity index (χ3n) is 5.04. The molecule has 0 radical (unpaired) electrons. The van der Waals surface area contributed by atoms with Gasteiger partial charge in [-0.25, -0.2) is 9.97 Å². The Hall–Kier alpha value is -3.79. The number of nitrogens with one attached hydrogen (secondary N) is 2. The zero-order valence-electron chi connectivity index (χ0n) is 19.0. The molecule has 2 aromatic heterocycles. The Kier molecular flexibility index (Phi) is 6.87. The molecule has 34 heavy (non-hydrogen) atoms. The van der Waals surface area contributed by atoms with Crippen LogP contribution >= 0.6 is 11.8 Å². The number of aromatic nitrogens is 2. The summed E-state index contributed by atoms with van der Waals surface area (Å²) in [6.45, 7) is 3.72. The number of hydrogen-bond donors (Lipinski definition) is 2. The number of thioether (sulfide) groups is 1. The summed E-state index contributed by atoms with van der Waals surface area (Å²) >= 11 is 1.46. The first-order valence-corrected chi connectivity index (χ1v) is 11.5. The SMILES string of the molecule is COc1cc(NC(=O)C(=O)NC(C)(C)CCSc2nc3ccccc3o2)ccc1-c1cnco1. The van der Waals surface area contributed by atoms with Crippen molar-refractivity contribution in [2.24, 2.45) is 0 Å². The van der Waals surface area contributed by atoms with Crippen LogP contribution in [0.4, 0.5) is 5.69 Å². The van der Waals surface area contributed by atoms with Gasteiger partial charge in [-0.2, -0.15) is 0 Å². The lowest BCUT2D eigenvalue weighted by Gasteiger charge is -2.25. The molecule has 10 heteroatoms. The molecule has 4 rings (SSSR count). The Balaban J connectivity index is 1.31. The van der Waals surface area contributed by atoms with Crippen molar-refractivity contribution in [3.8, 4) is 17.1 Å². The zero-order valence-corrected chi connectivity index (χ0v) is 19.8. The third-order valence-corrected chi connectivity index (χ3v) is 5.87. The average molecular weight is 481 g/mol. The Labute approximate surface area is 200 Å². The second-order valence-electron chi connectivity index (χ2n) is 8.12. The summed E-state index contributed by atoms with van der Waals surface area (Å²) in [4.78, 5) is 33.3. The number of fused-ring (bicyclic) bond motifs is 1. The van der Waals surface area contributed by atoms with E-state index in [0.29, 0.717) is 40.2 Å². The molecule has 176 valence electrons. The topological polar surface area (TPSA) is 119 Å². The molecular formula is C24H24N4O5S. The quantitative estimate of drug-likeness (QED) is 0.279. The molecule has 0 saturated carbocycles. The van der Waals surface area contributed by atoms with Crippen molar-refractivity contribution in [3.63, 3.8) is 0 Å². The van der Waals surface area contributed by atoms with Crippen LogP contribution in [0.3, 0.4) is 0 Å². The van der Waals surface area contributed by atoms with E-state index in [9.17, 15) is 9.59 Å². The van der Waals surface area contributed by atoms with Gasteiger partial charge in [0.25, 0.3) is 5.22 Å². The van der Waals surface area contributed by atoms with Crippen LogP contribution < -0.4 is 15.4 Å². The number of anilines is 1. The molecular weight excluding hydrogens is 456 g/mol. The lowest BCUT2D eigenvalue weighted by atomic mass is 10.0. The van der Waals surface area contributed by atoms with E-state index in [0.717, 1.165) is 11.1 Å². The van der Waals surface area contributed by atoms with E-state index in [2.05, 4.69) is 20.6 Å². The molecule has 0 aliphatic rings. The van der Waals surface area contributed by atoms with Crippen LogP contribution in [0.15, 0.2) is 69.1 Å². The predicted octanol–water partition coefficient (Wildman–Crippen LogP) is 4.51. The number of oxazole rings is 2. The van der Waals surface area contributed by atoms with E-state index in [1.165, 1.54) is 25.3 Å². The minimum Gasteiger partial charge on any atom is -0.496 e. The molecule has 0 spiro atoms. The highest BCUT2D eigenvalue weighted by atomic mass is 32.2. The third kappa shape index (κ3) is 5.57. The molecule has 0 fully saturated rings. The van der Waals surface area contributed by atoms with E-state index in [4.69, 9.17) is 13.6 Å². The lowest BCUT2D eigenvalue weighted by Crippen LogP contribution is -2.48. The van der Waals surface area contributed by atoms with E-state index in [1.54, 1.807) is 24.4 Å². The van der Waals surface area contributed by atoms with Crippen LogP contribution in [0.5, 0.6) is 5.75 Å². The minimum absolute atomic E-state index is 0.421. The number of para-hydroxylation sites is 2. The molecule has 2 N–H and O–H groups in total. The molecule has 0 aliphatic heterocycles. The highest BCUT2D eigenvalue weighted by molar-refractivity contribution is 7.99. The van der Waals surface area contributed by atoms with Gasteiger partial charge in [0.15, 0.2) is 17.7 Å². The summed E-state index contributed by atoms with van der Waals surface area (Å²) in [7, 11) is 1.51. The van der Waals surface area contributed by atoms with Crippen LogP contribution in [0.1, 0.15) is 20.3 Å². The van der Waals surface area contributed by atoms with E-state index >= 15 is 0 Å². The Bertz CT molecular complexity index is 1270. The molecule has 2 aromatic carbocycles. The van der Waals surface area contributed by atoms with Crippen LogP contribution in [0.25, 0.3) is 22.4 Å². The van der Waals surface area contributed by atoms with Gasteiger partial charge in [-0.1, -0.05) is 23.9 Å². The second kappa shape index (κ2) is 10.0. The molecule has 2 heterocycles. The van der Waals surface area contributed by atoms with Gasteiger partial charge in [0, 0.05) is 23.0 Å². The molecule has 0 bridgehead atoms. The predicted molar refractivity (Wildman–Crippen MR) is 129 cm³/mol. The van der Waals surface area contributed by atoms with Crippen molar-refractivity contribution in [2.45, 2.75) is 31.0 Å². The normalized spacial score (nSPS) is 11.4. The van der Waals surface area contributed by atoms with Crippen LogP contribution in [-0.2, 0) is 9.59 Å². The van der Waals surface area contributed by atoms with Crippen LogP contribution in [-0.4, -0.2) is 40.2 Å². The van der Waals surface area contributed by atoms with E-state index in [1.807, 2.05) is 38.1 Å². The maximum Gasteiger partial charge on any atom is 0.313 e. The van der Waals surface area contributed by atoms with Gasteiger partial charge in [-0.15, -0.1) is 0 Å². The summed E-state index contributed by atoms with van der Waals surface area (Å²) in [5.74, 6) is 0.169. The summed E-state index contributed by atoms with van der Waals surface area (Å²) in [5, 5.41) is 5.96. The molecule has 0 saturated heterocycles. The Morgan fingerprint density at radius 3 is 2.71 bits per heavy atom. The van der Waals surface area contributed by atoms with Gasteiger partial charge < -0.3 is 24.2 Å². The maximum atomic E-state index is 12.5. The van der Waals surface area contributed by atoms with Crippen molar-refractivity contribution in [2.75, 3.05) is 18.2 Å². The van der Waals surface area contributed by atoms with Gasteiger partial charge in [0.2, 0.25) is 0 Å². The zero-order chi connectivity index (χ0) is 24.1. The lowest BCUT2D eigenvalue weighted by molar-refractivity contribution is -0.137. The number of methoxy groups -OCH3 is 1. The first kappa shape index (κ1) is 23.4. The Morgan fingerprint density at radius 1 is 1.15 bits per heavy atom. The smallest absolute Gasteiger partial charge is 0.313 e. The molecule has 4 aromatic rings. The van der Waals surface area contributed by atoms with E-state index in [-0.39, 0.29) is 0 Å². The number of hydrogen-bond acceptors (Lipinski definition) is 8. The number of rotatable bonds is 8. The average Bonchev–Trinajstić information content (AvgIpc) is 3.48. The number of carbonyl (C=O) groups is 2. The number of benzene rings is 2. The number of carbonyl (C=O) groups excluding carboxylic acids is 2. The first-order valence-electron chi connectivity index (χ1n) is 10.5. The number of nitrogens with zero attached hydrogens (tertiary/aromatic N) is 2. The second-order valence-corrected chi connectivity index (χ2v) is 9.16. The Morgan fingerprint density at radius 2 is 1.97 bits per heavy atom. The summed E-state index contributed by atoms with van der Waals surface area (Å²) in [6.07, 6.45) is 3.49. The van der Waals surface area contributed by atoms with Gasteiger partial charge in [0.05, 0.1) is 18.9 Å². The molecule has 0 atom stereocenters. The highest BCUT2D eigenvalue weighted by Crippen LogP contribution is 2.32. The molecule has 2 amide bonds. The van der Waals surface area contributed by atoms with Gasteiger partial charge in [-0.3, -0.25) is 9.59 Å². The van der Waals surface area contributed by atoms with E-state index < -0.39 is 17.4 Å². The van der Waals surface area contributed by atoms with Crippen LogP contribution in [0, 0.1) is 0 Å². The fraction of sp³-hybridized carbons (Fsp3) is 0.250. The molecule has 0 unspecified atom stereocenters. The van der Waals surface area contributed by atoms with Crippen LogP contribution in [0.2, 0.25) is 0 Å². The standard InChI is InChI=1S/C24H24N4O5S/c1-24(2,10-11-34-23-27-17-6-4-5-7-18(17)33-23)28-22(30)21(29)26-15-8-9-16(19(12-15)31-3)20-13-25-14-32-20/h4-9,12-14H,10-11H2,1-3H3,(H,26,29)(H,28,30). The fourth-order valence-corrected chi connectivity index (χ4v) is 4.34. The minimum atomic E-state index is -0.769. The number of amides is 2. The number of ether oxygens (including phenoxy) is 1. The molecule has 9 nitrogen and oxygen atoms in total. The monoisotopic (exact) mass is 480 g/mol. The van der Waals surface area contributed by atoms with Crippen molar-refractivity contribution >= 4 is 40.4 Å². The van der Waals surface area contributed by atoms with Crippen molar-refractivity contribution in [3.05, 3.63) is 55.1 Å². The summed E-state index contributed by atoms with van der Waals surface area (Å²) in [6, 6.07) is 12.6. The largest absolute Gasteiger partial charge is 0.496 e. The molecule has 0 aliphatic carbocycles. The summed E-state index contributed by atoms with van der Waals surface area (Å²) < 4.78 is 16.4. The van der Waals surface area contributed by atoms with Crippen molar-refractivity contribution < 1.29 is 23.2 Å². The summed E-state index contributed by atoms with van der Waals surface area (Å²) in [5.41, 5.74) is 2.03.